The van der Waals surface area contributed by atoms with Crippen molar-refractivity contribution in [1.82, 2.24) is 4.98 Å². The Bertz CT molecular complexity index is 1210. The molecule has 1 aromatic heterocycles. The van der Waals surface area contributed by atoms with Crippen molar-refractivity contribution >= 4 is 23.1 Å². The summed E-state index contributed by atoms with van der Waals surface area (Å²) in [5.41, 5.74) is 7.37. The first kappa shape index (κ1) is 18.5. The Kier molecular flexibility index (Phi) is 4.17. The van der Waals surface area contributed by atoms with Gasteiger partial charge in [-0.2, -0.15) is 0 Å². The van der Waals surface area contributed by atoms with Gasteiger partial charge in [-0.3, -0.25) is 4.98 Å². The summed E-state index contributed by atoms with van der Waals surface area (Å²) in [5.74, 6) is 2.38. The fourth-order valence-corrected chi connectivity index (χ4v) is 4.48. The Balaban J connectivity index is 1.83. The molecule has 3 heterocycles. The van der Waals surface area contributed by atoms with Crippen LogP contribution in [0.1, 0.15) is 37.6 Å². The summed E-state index contributed by atoms with van der Waals surface area (Å²) in [5, 5.41) is 3.65. The summed E-state index contributed by atoms with van der Waals surface area (Å²) in [7, 11) is 1.70. The second kappa shape index (κ2) is 6.77. The number of ether oxygens (including phenoxy) is 2. The fraction of sp³-hybridized carbons (Fsp3) is 0.192. The van der Waals surface area contributed by atoms with E-state index in [4.69, 9.17) is 9.47 Å². The van der Waals surface area contributed by atoms with Gasteiger partial charge in [-0.1, -0.05) is 24.3 Å². The number of methoxy groups -OCH3 is 1. The van der Waals surface area contributed by atoms with Gasteiger partial charge < -0.3 is 14.8 Å². The molecule has 0 aliphatic carbocycles. The van der Waals surface area contributed by atoms with Gasteiger partial charge >= 0.3 is 0 Å². The molecule has 0 bridgehead atoms. The SMILES string of the molecule is COc1cccc2c1-c1ccc3c(c1C(=Cc1ccccn1)O2)C(C)=CC(C)(C)N3. The summed E-state index contributed by atoms with van der Waals surface area (Å²) in [6.07, 6.45) is 6.07. The van der Waals surface area contributed by atoms with Crippen LogP contribution < -0.4 is 14.8 Å². The molecule has 0 fully saturated rings. The molecule has 0 spiro atoms. The Morgan fingerprint density at radius 1 is 1.00 bits per heavy atom. The molecule has 0 saturated carbocycles. The van der Waals surface area contributed by atoms with Crippen molar-refractivity contribution < 1.29 is 9.47 Å². The van der Waals surface area contributed by atoms with Gasteiger partial charge in [-0.25, -0.2) is 0 Å². The molecule has 0 radical (unpaired) electrons. The van der Waals surface area contributed by atoms with Crippen LogP contribution in [0, 0.1) is 0 Å². The number of nitrogens with zero attached hydrogens (tertiary/aromatic N) is 1. The van der Waals surface area contributed by atoms with Crippen molar-refractivity contribution in [3.63, 3.8) is 0 Å². The number of pyridine rings is 1. The third-order valence-corrected chi connectivity index (χ3v) is 5.54. The average Bonchev–Trinajstić information content (AvgIpc) is 2.72. The molecule has 0 saturated heterocycles. The van der Waals surface area contributed by atoms with Gasteiger partial charge in [0.15, 0.2) is 0 Å². The number of anilines is 1. The van der Waals surface area contributed by atoms with Gasteiger partial charge in [0, 0.05) is 34.7 Å². The van der Waals surface area contributed by atoms with Crippen LogP contribution in [0.25, 0.3) is 28.5 Å². The predicted molar refractivity (Wildman–Crippen MR) is 123 cm³/mol. The third kappa shape index (κ3) is 2.96. The van der Waals surface area contributed by atoms with E-state index in [1.54, 1.807) is 13.3 Å². The Labute approximate surface area is 176 Å². The number of nitrogens with one attached hydrogen (secondary N) is 1. The normalized spacial score (nSPS) is 17.1. The standard InChI is InChI=1S/C26H24N2O2/c1-16-15-26(2,3)28-19-12-11-18-24-20(29-4)9-7-10-21(24)30-22(25(18)23(16)19)14-17-8-5-6-13-27-17/h5-15,28H,1-4H3. The van der Waals surface area contributed by atoms with Crippen molar-refractivity contribution in [3.8, 4) is 22.6 Å². The van der Waals surface area contributed by atoms with Crippen LogP contribution in [0.2, 0.25) is 0 Å². The zero-order chi connectivity index (χ0) is 20.9. The maximum absolute atomic E-state index is 6.46. The number of benzene rings is 2. The highest BCUT2D eigenvalue weighted by atomic mass is 16.5. The van der Waals surface area contributed by atoms with Gasteiger partial charge in [0.2, 0.25) is 0 Å². The van der Waals surface area contributed by atoms with Crippen LogP contribution in [-0.2, 0) is 0 Å². The minimum absolute atomic E-state index is 0.110. The van der Waals surface area contributed by atoms with Crippen molar-refractivity contribution in [3.05, 3.63) is 77.6 Å². The van der Waals surface area contributed by atoms with E-state index < -0.39 is 0 Å². The quantitative estimate of drug-likeness (QED) is 0.556. The van der Waals surface area contributed by atoms with E-state index in [9.17, 15) is 0 Å². The molecule has 2 aromatic carbocycles. The van der Waals surface area contributed by atoms with E-state index in [-0.39, 0.29) is 5.54 Å². The van der Waals surface area contributed by atoms with E-state index in [1.165, 1.54) is 5.57 Å². The first-order valence-electron chi connectivity index (χ1n) is 10.1. The Morgan fingerprint density at radius 3 is 2.63 bits per heavy atom. The highest BCUT2D eigenvalue weighted by Gasteiger charge is 2.32. The molecular formula is C26H24N2O2. The summed E-state index contributed by atoms with van der Waals surface area (Å²) in [6, 6.07) is 16.1. The number of rotatable bonds is 2. The predicted octanol–water partition coefficient (Wildman–Crippen LogP) is 6.26. The lowest BCUT2D eigenvalue weighted by Crippen LogP contribution is -2.32. The van der Waals surface area contributed by atoms with Crippen LogP contribution in [-0.4, -0.2) is 17.6 Å². The number of fused-ring (bicyclic) bond motifs is 5. The van der Waals surface area contributed by atoms with E-state index in [2.05, 4.69) is 49.3 Å². The molecule has 4 nitrogen and oxygen atoms in total. The highest BCUT2D eigenvalue weighted by molar-refractivity contribution is 6.01. The average molecular weight is 396 g/mol. The summed E-state index contributed by atoms with van der Waals surface area (Å²) in [4.78, 5) is 4.48. The van der Waals surface area contributed by atoms with Crippen LogP contribution in [0.5, 0.6) is 11.5 Å². The Morgan fingerprint density at radius 2 is 1.87 bits per heavy atom. The molecular weight excluding hydrogens is 372 g/mol. The lowest BCUT2D eigenvalue weighted by molar-refractivity contribution is 0.412. The van der Waals surface area contributed by atoms with Crippen molar-refractivity contribution in [2.45, 2.75) is 26.3 Å². The first-order valence-corrected chi connectivity index (χ1v) is 10.1. The zero-order valence-corrected chi connectivity index (χ0v) is 17.6. The third-order valence-electron chi connectivity index (χ3n) is 5.54. The second-order valence-corrected chi connectivity index (χ2v) is 8.28. The molecule has 1 N–H and O–H groups in total. The number of hydrogen-bond donors (Lipinski definition) is 1. The van der Waals surface area contributed by atoms with Crippen LogP contribution in [0.15, 0.2) is 60.8 Å². The van der Waals surface area contributed by atoms with E-state index in [0.717, 1.165) is 50.9 Å². The number of aromatic nitrogens is 1. The van der Waals surface area contributed by atoms with Gasteiger partial charge in [0.05, 0.1) is 23.9 Å². The minimum atomic E-state index is -0.110. The molecule has 2 aliphatic rings. The number of allylic oxidation sites excluding steroid dienone is 1. The molecule has 0 atom stereocenters. The Hall–Kier alpha value is -3.53. The number of hydrogen-bond acceptors (Lipinski definition) is 4. The van der Waals surface area contributed by atoms with E-state index in [0.29, 0.717) is 0 Å². The van der Waals surface area contributed by atoms with Crippen LogP contribution in [0.4, 0.5) is 5.69 Å². The largest absolute Gasteiger partial charge is 0.496 e. The monoisotopic (exact) mass is 396 g/mol. The molecule has 150 valence electrons. The van der Waals surface area contributed by atoms with Gasteiger partial charge in [-0.15, -0.1) is 0 Å². The smallest absolute Gasteiger partial charge is 0.139 e. The molecule has 0 unspecified atom stereocenters. The first-order chi connectivity index (χ1) is 14.5. The lowest BCUT2D eigenvalue weighted by Gasteiger charge is -2.35. The maximum Gasteiger partial charge on any atom is 0.139 e. The van der Waals surface area contributed by atoms with Gasteiger partial charge in [-0.05, 0) is 56.7 Å². The van der Waals surface area contributed by atoms with Gasteiger partial charge in [0.1, 0.15) is 17.3 Å². The fourth-order valence-electron chi connectivity index (χ4n) is 4.48. The second-order valence-electron chi connectivity index (χ2n) is 8.28. The molecule has 30 heavy (non-hydrogen) atoms. The molecule has 5 rings (SSSR count). The van der Waals surface area contributed by atoms with E-state index in [1.807, 2.05) is 42.5 Å². The molecule has 2 aliphatic heterocycles. The van der Waals surface area contributed by atoms with Gasteiger partial charge in [0.25, 0.3) is 0 Å². The highest BCUT2D eigenvalue weighted by Crippen LogP contribution is 2.51. The molecule has 3 aromatic rings. The van der Waals surface area contributed by atoms with Crippen molar-refractivity contribution in [2.75, 3.05) is 12.4 Å². The summed E-state index contributed by atoms with van der Waals surface area (Å²) < 4.78 is 12.1. The molecule has 4 heteroatoms. The summed E-state index contributed by atoms with van der Waals surface area (Å²) in [6.45, 7) is 6.52. The van der Waals surface area contributed by atoms with E-state index >= 15 is 0 Å². The minimum Gasteiger partial charge on any atom is -0.496 e. The van der Waals surface area contributed by atoms with Crippen LogP contribution in [0.3, 0.4) is 0 Å². The topological polar surface area (TPSA) is 43.4 Å². The molecule has 0 amide bonds. The lowest BCUT2D eigenvalue weighted by atomic mass is 9.83. The van der Waals surface area contributed by atoms with Crippen molar-refractivity contribution in [2.24, 2.45) is 0 Å². The maximum atomic E-state index is 6.46. The van der Waals surface area contributed by atoms with Crippen LogP contribution >= 0.6 is 0 Å². The summed E-state index contributed by atoms with van der Waals surface area (Å²) >= 11 is 0. The zero-order valence-electron chi connectivity index (χ0n) is 17.6. The van der Waals surface area contributed by atoms with Crippen molar-refractivity contribution in [1.29, 1.82) is 0 Å².